The molecule has 1 saturated carbocycles. The molecule has 0 radical (unpaired) electrons. The van der Waals surface area contributed by atoms with Gasteiger partial charge >= 0.3 is 24.1 Å². The standard InChI is InChI=1S/C28H32BrFN4O12/c1-4-19(35)15-6-7-17(30)22(16-11-18(16)33-25(38)34-21-8-5-14(29)12-32-21)23(15)43-28(40,41)46-27(39)20(36)9-10-42-44-24(37)26(31,45-27)13(2)3/h5-8,12-13,16,18,39-41H,4,9-11,31H2,1-3H3,(H2,32,33,34,38)/t16-,18+,26+,27+/m1/s1. The molecule has 1 aliphatic carbocycles. The lowest BCUT2D eigenvalue weighted by molar-refractivity contribution is -0.527. The molecule has 2 heterocycles. The zero-order valence-electron chi connectivity index (χ0n) is 24.7. The molecule has 16 nitrogen and oxygen atoms in total. The summed E-state index contributed by atoms with van der Waals surface area (Å²) in [4.78, 5) is 64.0. The van der Waals surface area contributed by atoms with Crippen LogP contribution in [-0.2, 0) is 28.8 Å². The van der Waals surface area contributed by atoms with Crippen molar-refractivity contribution in [1.29, 1.82) is 0 Å². The predicted octanol–water partition coefficient (Wildman–Crippen LogP) is 1.67. The van der Waals surface area contributed by atoms with Gasteiger partial charge in [0.05, 0.1) is 5.56 Å². The Kier molecular flexibility index (Phi) is 10.4. The molecule has 1 aliphatic heterocycles. The molecule has 250 valence electrons. The van der Waals surface area contributed by atoms with E-state index in [-0.39, 0.29) is 29.8 Å². The number of benzene rings is 1. The van der Waals surface area contributed by atoms with E-state index in [1.165, 1.54) is 33.0 Å². The average molecular weight is 715 g/mol. The summed E-state index contributed by atoms with van der Waals surface area (Å²) in [5.74, 6) is -10.4. The maximum atomic E-state index is 15.4. The summed E-state index contributed by atoms with van der Waals surface area (Å²) in [6, 6.07) is 3.79. The summed E-state index contributed by atoms with van der Waals surface area (Å²) in [5.41, 5.74) is 2.68. The van der Waals surface area contributed by atoms with Gasteiger partial charge in [0.1, 0.15) is 24.0 Å². The number of Topliss-reactive ketones (excluding diaryl/α,β-unsaturated/α-hetero) is 2. The number of halogens is 2. The predicted molar refractivity (Wildman–Crippen MR) is 155 cm³/mol. The zero-order chi connectivity index (χ0) is 34.0. The van der Waals surface area contributed by atoms with Crippen molar-refractivity contribution in [3.63, 3.8) is 0 Å². The third kappa shape index (κ3) is 7.84. The van der Waals surface area contributed by atoms with E-state index in [1.54, 1.807) is 6.07 Å². The van der Waals surface area contributed by atoms with Crippen LogP contribution in [0.3, 0.4) is 0 Å². The van der Waals surface area contributed by atoms with E-state index in [4.69, 9.17) is 19.9 Å². The van der Waals surface area contributed by atoms with E-state index in [1.807, 2.05) is 0 Å². The number of carbonyl (C=O) groups excluding carboxylic acids is 4. The molecule has 1 saturated heterocycles. The van der Waals surface area contributed by atoms with Crippen LogP contribution in [0.5, 0.6) is 5.75 Å². The van der Waals surface area contributed by atoms with Crippen LogP contribution in [0, 0.1) is 11.7 Å². The quantitative estimate of drug-likeness (QED) is 0.117. The molecule has 2 aliphatic rings. The first-order valence-electron chi connectivity index (χ1n) is 14.0. The van der Waals surface area contributed by atoms with Gasteiger partial charge in [-0.05, 0) is 46.6 Å². The monoisotopic (exact) mass is 714 g/mol. The molecule has 4 atom stereocenters. The van der Waals surface area contributed by atoms with Gasteiger partial charge in [-0.15, -0.1) is 0 Å². The number of aliphatic hydroxyl groups is 3. The Hall–Kier alpha value is -3.62. The lowest BCUT2D eigenvalue weighted by Crippen LogP contribution is -2.64. The van der Waals surface area contributed by atoms with Crippen LogP contribution in [0.4, 0.5) is 15.0 Å². The van der Waals surface area contributed by atoms with Crippen molar-refractivity contribution in [2.45, 2.75) is 69.9 Å². The number of urea groups is 1. The second-order valence-corrected chi connectivity index (χ2v) is 11.7. The highest BCUT2D eigenvalue weighted by Crippen LogP contribution is 2.48. The molecule has 7 N–H and O–H groups in total. The van der Waals surface area contributed by atoms with Crippen LogP contribution in [0.25, 0.3) is 0 Å². The molecule has 46 heavy (non-hydrogen) atoms. The molecule has 0 bridgehead atoms. The van der Waals surface area contributed by atoms with Crippen LogP contribution in [0.2, 0.25) is 0 Å². The molecule has 0 unspecified atom stereocenters. The number of amides is 2. The zero-order valence-corrected chi connectivity index (χ0v) is 26.3. The first-order chi connectivity index (χ1) is 21.5. The van der Waals surface area contributed by atoms with Crippen molar-refractivity contribution in [3.8, 4) is 5.75 Å². The van der Waals surface area contributed by atoms with E-state index >= 15 is 4.39 Å². The minimum absolute atomic E-state index is 0.126. The summed E-state index contributed by atoms with van der Waals surface area (Å²) < 4.78 is 31.2. The second kappa shape index (κ2) is 13.6. The Bertz CT molecular complexity index is 1510. The Morgan fingerprint density at radius 1 is 1.26 bits per heavy atom. The van der Waals surface area contributed by atoms with Crippen LogP contribution >= 0.6 is 15.9 Å². The van der Waals surface area contributed by atoms with Gasteiger partial charge in [0.15, 0.2) is 5.78 Å². The highest BCUT2D eigenvalue weighted by atomic mass is 79.9. The average Bonchev–Trinajstić information content (AvgIpc) is 3.72. The number of anilines is 1. The van der Waals surface area contributed by atoms with Crippen LogP contribution in [0.15, 0.2) is 34.9 Å². The first-order valence-corrected chi connectivity index (χ1v) is 14.8. The van der Waals surface area contributed by atoms with Gasteiger partial charge in [-0.2, -0.15) is 4.89 Å². The second-order valence-electron chi connectivity index (χ2n) is 10.8. The molecule has 1 aromatic carbocycles. The van der Waals surface area contributed by atoms with Crippen molar-refractivity contribution in [1.82, 2.24) is 10.3 Å². The highest BCUT2D eigenvalue weighted by Gasteiger charge is 2.57. The van der Waals surface area contributed by atoms with E-state index < -0.39 is 83.9 Å². The number of carbonyl (C=O) groups is 4. The van der Waals surface area contributed by atoms with Crippen molar-refractivity contribution >= 4 is 45.3 Å². The summed E-state index contributed by atoms with van der Waals surface area (Å²) in [7, 11) is 0. The van der Waals surface area contributed by atoms with Gasteiger partial charge in [-0.3, -0.25) is 30.3 Å². The van der Waals surface area contributed by atoms with E-state index in [2.05, 4.69) is 41.3 Å². The number of ether oxygens (including phenoxy) is 3. The molecule has 2 fully saturated rings. The van der Waals surface area contributed by atoms with E-state index in [0.29, 0.717) is 4.47 Å². The third-order valence-electron chi connectivity index (χ3n) is 7.10. The molecular formula is C28H32BrFN4O12. The lowest BCUT2D eigenvalue weighted by Gasteiger charge is -2.38. The lowest BCUT2D eigenvalue weighted by atomic mass is 10.00. The summed E-state index contributed by atoms with van der Waals surface area (Å²) >= 11 is 3.23. The summed E-state index contributed by atoms with van der Waals surface area (Å²) in [6.07, 6.45) is -3.29. The Labute approximate surface area is 269 Å². The van der Waals surface area contributed by atoms with Crippen molar-refractivity contribution in [2.75, 3.05) is 11.9 Å². The normalized spacial score (nSPS) is 25.2. The number of nitrogens with zero attached hydrogens (tertiary/aromatic N) is 1. The molecule has 1 aromatic heterocycles. The number of aromatic nitrogens is 1. The number of hydrogen-bond donors (Lipinski definition) is 6. The van der Waals surface area contributed by atoms with E-state index in [0.717, 1.165) is 12.1 Å². The maximum absolute atomic E-state index is 15.4. The fraction of sp³-hybridized carbons (Fsp3) is 0.464. The van der Waals surface area contributed by atoms with Gasteiger partial charge in [0.25, 0.3) is 0 Å². The molecular weight excluding hydrogens is 683 g/mol. The minimum Gasteiger partial charge on any atom is -0.415 e. The highest BCUT2D eigenvalue weighted by molar-refractivity contribution is 9.10. The van der Waals surface area contributed by atoms with E-state index in [9.17, 15) is 34.5 Å². The van der Waals surface area contributed by atoms with Gasteiger partial charge in [0, 0.05) is 47.0 Å². The van der Waals surface area contributed by atoms with Crippen molar-refractivity contribution in [2.24, 2.45) is 11.7 Å². The molecule has 4 rings (SSSR count). The first kappa shape index (κ1) is 35.2. The molecule has 2 amide bonds. The van der Waals surface area contributed by atoms with Crippen molar-refractivity contribution < 1.29 is 62.9 Å². The Morgan fingerprint density at radius 2 is 1.98 bits per heavy atom. The van der Waals surface area contributed by atoms with Crippen LogP contribution < -0.4 is 21.1 Å². The molecule has 0 spiro atoms. The maximum Gasteiger partial charge on any atom is 0.460 e. The minimum atomic E-state index is -4.02. The number of nitrogens with one attached hydrogen (secondary N) is 2. The van der Waals surface area contributed by atoms with Gasteiger partial charge < -0.3 is 25.4 Å². The van der Waals surface area contributed by atoms with Gasteiger partial charge in [-0.1, -0.05) is 20.8 Å². The molecule has 2 aromatic rings. The number of pyridine rings is 1. The van der Waals surface area contributed by atoms with Gasteiger partial charge in [0.2, 0.25) is 11.5 Å². The van der Waals surface area contributed by atoms with Crippen molar-refractivity contribution in [3.05, 3.63) is 51.9 Å². The third-order valence-corrected chi connectivity index (χ3v) is 7.57. The fourth-order valence-electron chi connectivity index (χ4n) is 4.43. The Morgan fingerprint density at radius 3 is 2.61 bits per heavy atom. The topological polar surface area (TPSA) is 238 Å². The smallest absolute Gasteiger partial charge is 0.415 e. The molecule has 18 heteroatoms. The van der Waals surface area contributed by atoms with Crippen LogP contribution in [0.1, 0.15) is 61.9 Å². The largest absolute Gasteiger partial charge is 0.460 e. The Balaban J connectivity index is 1.63. The number of hydrogen-bond acceptors (Lipinski definition) is 14. The van der Waals surface area contributed by atoms with Crippen LogP contribution in [-0.4, -0.2) is 74.4 Å². The fourth-order valence-corrected chi connectivity index (χ4v) is 4.67. The SMILES string of the molecule is CCC(=O)c1ccc(F)c([C@@H]2C[C@@H]2NC(=O)Nc2ccc(Br)cn2)c1OC(O)(O)O[C@@]1(O)O[C@@](N)(C(C)C)C(=O)OOCCC1=O. The number of ketones is 2. The van der Waals surface area contributed by atoms with Gasteiger partial charge in [-0.25, -0.2) is 23.7 Å². The summed E-state index contributed by atoms with van der Waals surface area (Å²) in [5, 5.41) is 37.9. The number of rotatable bonds is 10. The summed E-state index contributed by atoms with van der Waals surface area (Å²) in [6.45, 7) is 3.58. The number of nitrogens with two attached hydrogens (primary N) is 1.